The van der Waals surface area contributed by atoms with Gasteiger partial charge in [0.05, 0.1) is 9.83 Å². The third-order valence-corrected chi connectivity index (χ3v) is 5.92. The molecule has 0 spiro atoms. The topological polar surface area (TPSA) is 79.0 Å². The van der Waals surface area contributed by atoms with Crippen LogP contribution in [0.25, 0.3) is 6.08 Å². The van der Waals surface area contributed by atoms with Crippen molar-refractivity contribution in [2.45, 2.75) is 6.54 Å². The monoisotopic (exact) mass is 408 g/mol. The number of nitro groups is 1. The minimum absolute atomic E-state index is 0.00507. The largest absolute Gasteiger partial charge is 0.348 e. The summed E-state index contributed by atoms with van der Waals surface area (Å²) in [4.78, 5) is 32.0. The van der Waals surface area contributed by atoms with E-state index in [-0.39, 0.29) is 11.6 Å². The molecule has 0 bridgehead atoms. The predicted molar refractivity (Wildman–Crippen MR) is 114 cm³/mol. The van der Waals surface area contributed by atoms with Gasteiger partial charge in [-0.15, -0.1) is 0 Å². The lowest BCUT2D eigenvalue weighted by atomic mass is 10.2. The summed E-state index contributed by atoms with van der Waals surface area (Å²) in [5.41, 5.74) is 1.93. The highest BCUT2D eigenvalue weighted by Crippen LogP contribution is 2.31. The second-order valence-corrected chi connectivity index (χ2v) is 7.92. The Labute approximate surface area is 172 Å². The summed E-state index contributed by atoms with van der Waals surface area (Å²) in [7, 11) is 0. The Balaban J connectivity index is 1.36. The molecule has 2 aromatic rings. The van der Waals surface area contributed by atoms with E-state index in [1.807, 2.05) is 6.07 Å². The van der Waals surface area contributed by atoms with Crippen LogP contribution in [0.1, 0.15) is 11.1 Å². The number of piperazine rings is 1. The van der Waals surface area contributed by atoms with Crippen LogP contribution in [0.4, 0.5) is 5.69 Å². The molecule has 148 valence electrons. The molecule has 1 saturated heterocycles. The van der Waals surface area contributed by atoms with Crippen molar-refractivity contribution < 1.29 is 9.72 Å². The van der Waals surface area contributed by atoms with E-state index in [1.165, 1.54) is 29.5 Å². The minimum Gasteiger partial charge on any atom is -0.348 e. The molecule has 7 nitrogen and oxygen atoms in total. The van der Waals surface area contributed by atoms with Crippen LogP contribution >= 0.6 is 11.8 Å². The summed E-state index contributed by atoms with van der Waals surface area (Å²) in [6, 6.07) is 16.6. The molecule has 8 heteroatoms. The molecule has 0 atom stereocenters. The summed E-state index contributed by atoms with van der Waals surface area (Å²) < 4.78 is 0. The number of thioether (sulfide) groups is 1. The molecule has 2 heterocycles. The van der Waals surface area contributed by atoms with E-state index in [1.54, 1.807) is 18.2 Å². The fraction of sp³-hybridized carbons (Fsp3) is 0.238. The van der Waals surface area contributed by atoms with E-state index in [0.29, 0.717) is 15.6 Å². The van der Waals surface area contributed by atoms with Crippen molar-refractivity contribution in [3.63, 3.8) is 0 Å². The number of hydrogen-bond acceptors (Lipinski definition) is 6. The van der Waals surface area contributed by atoms with Crippen molar-refractivity contribution >= 4 is 34.6 Å². The highest BCUT2D eigenvalue weighted by Gasteiger charge is 2.28. The van der Waals surface area contributed by atoms with Gasteiger partial charge in [0.2, 0.25) is 0 Å². The van der Waals surface area contributed by atoms with E-state index in [0.717, 1.165) is 32.7 Å². The van der Waals surface area contributed by atoms with Crippen LogP contribution in [0.5, 0.6) is 0 Å². The fourth-order valence-electron chi connectivity index (χ4n) is 3.35. The zero-order chi connectivity index (χ0) is 20.2. The Morgan fingerprint density at radius 3 is 2.55 bits per heavy atom. The number of amidine groups is 1. The molecule has 0 saturated carbocycles. The Morgan fingerprint density at radius 1 is 1.07 bits per heavy atom. The van der Waals surface area contributed by atoms with E-state index in [9.17, 15) is 14.9 Å². The molecule has 4 rings (SSSR count). The molecule has 0 radical (unpaired) electrons. The average molecular weight is 408 g/mol. The van der Waals surface area contributed by atoms with Crippen molar-refractivity contribution in [2.24, 2.45) is 4.99 Å². The maximum absolute atomic E-state index is 12.3. The molecule has 1 fully saturated rings. The third-order valence-electron chi connectivity index (χ3n) is 4.88. The second kappa shape index (κ2) is 8.59. The molecule has 2 aromatic carbocycles. The summed E-state index contributed by atoms with van der Waals surface area (Å²) in [6.07, 6.45) is 1.67. The Morgan fingerprint density at radius 2 is 1.83 bits per heavy atom. The summed E-state index contributed by atoms with van der Waals surface area (Å²) in [5.74, 6) is -0.289. The molecular weight excluding hydrogens is 388 g/mol. The Hall–Kier alpha value is -2.97. The summed E-state index contributed by atoms with van der Waals surface area (Å²) in [5, 5.41) is 11.6. The summed E-state index contributed by atoms with van der Waals surface area (Å²) in [6.45, 7) is 4.37. The van der Waals surface area contributed by atoms with Gasteiger partial charge >= 0.3 is 0 Å². The number of rotatable bonds is 4. The van der Waals surface area contributed by atoms with Crippen LogP contribution in [-0.4, -0.2) is 52.0 Å². The molecular formula is C21H20N4O3S. The highest BCUT2D eigenvalue weighted by molar-refractivity contribution is 8.18. The quantitative estimate of drug-likeness (QED) is 0.438. The maximum atomic E-state index is 12.3. The van der Waals surface area contributed by atoms with Crippen molar-refractivity contribution in [1.82, 2.24) is 9.80 Å². The average Bonchev–Trinajstić information content (AvgIpc) is 3.10. The van der Waals surface area contributed by atoms with Crippen molar-refractivity contribution in [3.8, 4) is 0 Å². The van der Waals surface area contributed by atoms with Gasteiger partial charge in [0.25, 0.3) is 11.6 Å². The molecule has 0 N–H and O–H groups in total. The normalized spacial score (nSPS) is 18.9. The van der Waals surface area contributed by atoms with Gasteiger partial charge in [0.1, 0.15) is 0 Å². The number of amides is 1. The van der Waals surface area contributed by atoms with E-state index < -0.39 is 4.92 Å². The van der Waals surface area contributed by atoms with Crippen molar-refractivity contribution in [2.75, 3.05) is 26.2 Å². The molecule has 0 aromatic heterocycles. The number of hydrogen-bond donors (Lipinski definition) is 0. The molecule has 0 aliphatic carbocycles. The molecule has 0 unspecified atom stereocenters. The predicted octanol–water partition coefficient (Wildman–Crippen LogP) is 3.38. The maximum Gasteiger partial charge on any atom is 0.286 e. The van der Waals surface area contributed by atoms with Crippen LogP contribution in [0, 0.1) is 10.1 Å². The standard InChI is InChI=1S/C21H20N4O3S/c26-20-19(14-17-7-4-8-18(13-17)25(27)28)29-21(22-20)24-11-9-23(10-12-24)15-16-5-2-1-3-6-16/h1-8,13-14H,9-12,15H2. The Bertz CT molecular complexity index is 982. The van der Waals surface area contributed by atoms with Gasteiger partial charge in [-0.1, -0.05) is 42.5 Å². The lowest BCUT2D eigenvalue weighted by molar-refractivity contribution is -0.384. The third kappa shape index (κ3) is 4.72. The lowest BCUT2D eigenvalue weighted by Gasteiger charge is -2.35. The smallest absolute Gasteiger partial charge is 0.286 e. The van der Waals surface area contributed by atoms with Gasteiger partial charge in [-0.2, -0.15) is 4.99 Å². The molecule has 29 heavy (non-hydrogen) atoms. The SMILES string of the molecule is O=C1N=C(N2CCN(Cc3ccccc3)CC2)SC1=Cc1cccc([N+](=O)[O-])c1. The number of aliphatic imine (C=N–C) groups is 1. The van der Waals surface area contributed by atoms with Gasteiger partial charge in [-0.3, -0.25) is 19.8 Å². The number of benzene rings is 2. The zero-order valence-corrected chi connectivity index (χ0v) is 16.5. The second-order valence-electron chi connectivity index (χ2n) is 6.91. The van der Waals surface area contributed by atoms with Crippen molar-refractivity contribution in [1.29, 1.82) is 0 Å². The van der Waals surface area contributed by atoms with E-state index in [4.69, 9.17) is 0 Å². The first-order chi connectivity index (χ1) is 14.1. The zero-order valence-electron chi connectivity index (χ0n) is 15.7. The van der Waals surface area contributed by atoms with Crippen LogP contribution in [0.3, 0.4) is 0 Å². The first-order valence-corrected chi connectivity index (χ1v) is 10.2. The van der Waals surface area contributed by atoms with E-state index >= 15 is 0 Å². The van der Waals surface area contributed by atoms with Gasteiger partial charge < -0.3 is 4.90 Å². The van der Waals surface area contributed by atoms with Gasteiger partial charge in [0, 0.05) is 44.9 Å². The van der Waals surface area contributed by atoms with E-state index in [2.05, 4.69) is 39.1 Å². The first kappa shape index (κ1) is 19.4. The van der Waals surface area contributed by atoms with Gasteiger partial charge in [0.15, 0.2) is 5.17 Å². The van der Waals surface area contributed by atoms with Gasteiger partial charge in [-0.05, 0) is 29.0 Å². The number of carbonyl (C=O) groups is 1. The first-order valence-electron chi connectivity index (χ1n) is 9.37. The van der Waals surface area contributed by atoms with Crippen molar-refractivity contribution in [3.05, 3.63) is 80.7 Å². The number of nitrogens with zero attached hydrogens (tertiary/aromatic N) is 4. The van der Waals surface area contributed by atoms with Crippen LogP contribution in [-0.2, 0) is 11.3 Å². The number of non-ortho nitro benzene ring substituents is 1. The van der Waals surface area contributed by atoms with Crippen LogP contribution in [0.2, 0.25) is 0 Å². The highest BCUT2D eigenvalue weighted by atomic mass is 32.2. The molecule has 2 aliphatic heterocycles. The number of nitro benzene ring substituents is 1. The van der Waals surface area contributed by atoms with Crippen LogP contribution in [0.15, 0.2) is 64.5 Å². The minimum atomic E-state index is -0.442. The molecule has 2 aliphatic rings. The summed E-state index contributed by atoms with van der Waals surface area (Å²) >= 11 is 1.34. The fourth-order valence-corrected chi connectivity index (χ4v) is 4.32. The molecule has 1 amide bonds. The Kier molecular flexibility index (Phi) is 5.73. The lowest BCUT2D eigenvalue weighted by Crippen LogP contribution is -2.47. The van der Waals surface area contributed by atoms with Crippen LogP contribution < -0.4 is 0 Å². The van der Waals surface area contributed by atoms with Gasteiger partial charge in [-0.25, -0.2) is 0 Å². The number of carbonyl (C=O) groups excluding carboxylic acids is 1.